The summed E-state index contributed by atoms with van der Waals surface area (Å²) in [6.45, 7) is -0.260. The molecule has 5 nitrogen and oxygen atoms in total. The van der Waals surface area contributed by atoms with Crippen molar-refractivity contribution in [3.8, 4) is 0 Å². The van der Waals surface area contributed by atoms with Crippen molar-refractivity contribution in [2.75, 3.05) is 19.6 Å². The summed E-state index contributed by atoms with van der Waals surface area (Å²) in [6.07, 6.45) is -5.61. The topological polar surface area (TPSA) is 60.9 Å². The molecule has 2 amide bonds. The first-order valence-electron chi connectivity index (χ1n) is 8.80. The predicted molar refractivity (Wildman–Crippen MR) is 100 cm³/mol. The Morgan fingerprint density at radius 3 is 2.48 bits per heavy atom. The van der Waals surface area contributed by atoms with Gasteiger partial charge in [-0.05, 0) is 35.9 Å². The van der Waals surface area contributed by atoms with Gasteiger partial charge < -0.3 is 14.9 Å². The number of aliphatic hydroxyl groups excluding tert-OH is 1. The van der Waals surface area contributed by atoms with Gasteiger partial charge in [-0.15, -0.1) is 0 Å². The number of aliphatic hydroxyl groups is 1. The molecular weight excluding hydrogens is 409 g/mol. The molecule has 0 radical (unpaired) electrons. The Hall–Kier alpha value is -2.58. The van der Waals surface area contributed by atoms with Gasteiger partial charge in [0.25, 0.3) is 5.91 Å². The molecule has 1 N–H and O–H groups in total. The number of carbonyl (C=O) groups is 2. The zero-order chi connectivity index (χ0) is 21.2. The molecule has 0 aromatic heterocycles. The average Bonchev–Trinajstić information content (AvgIpc) is 2.80. The van der Waals surface area contributed by atoms with Crippen LogP contribution in [-0.4, -0.2) is 52.5 Å². The molecule has 0 spiro atoms. The minimum Gasteiger partial charge on any atom is -0.389 e. The van der Waals surface area contributed by atoms with E-state index < -0.39 is 29.7 Å². The SMILES string of the molecule is O=C1CN(C(=O)c2cccc(C(F)(F)F)c2)CC(O)CN1Cc1ccc(Cl)cc1. The van der Waals surface area contributed by atoms with Crippen LogP contribution in [0.1, 0.15) is 21.5 Å². The van der Waals surface area contributed by atoms with Gasteiger partial charge in [0.2, 0.25) is 5.91 Å². The van der Waals surface area contributed by atoms with E-state index in [0.717, 1.165) is 28.7 Å². The van der Waals surface area contributed by atoms with Crippen LogP contribution in [0.25, 0.3) is 0 Å². The second-order valence-corrected chi connectivity index (χ2v) is 7.26. The fourth-order valence-corrected chi connectivity index (χ4v) is 3.25. The lowest BCUT2D eigenvalue weighted by Crippen LogP contribution is -2.39. The maximum Gasteiger partial charge on any atom is 0.416 e. The maximum absolute atomic E-state index is 12.9. The summed E-state index contributed by atoms with van der Waals surface area (Å²) in [5.74, 6) is -1.14. The fourth-order valence-electron chi connectivity index (χ4n) is 3.12. The molecule has 154 valence electrons. The van der Waals surface area contributed by atoms with Crippen molar-refractivity contribution in [2.24, 2.45) is 0 Å². The summed E-state index contributed by atoms with van der Waals surface area (Å²) in [5.41, 5.74) is -0.340. The van der Waals surface area contributed by atoms with Gasteiger partial charge in [0.15, 0.2) is 0 Å². The van der Waals surface area contributed by atoms with Crippen LogP contribution in [0.5, 0.6) is 0 Å². The first-order chi connectivity index (χ1) is 13.6. The lowest BCUT2D eigenvalue weighted by Gasteiger charge is -2.22. The van der Waals surface area contributed by atoms with E-state index in [1.807, 2.05) is 0 Å². The summed E-state index contributed by atoms with van der Waals surface area (Å²) in [5, 5.41) is 10.8. The Morgan fingerprint density at radius 2 is 1.83 bits per heavy atom. The summed E-state index contributed by atoms with van der Waals surface area (Å²) in [4.78, 5) is 27.8. The van der Waals surface area contributed by atoms with Gasteiger partial charge in [-0.25, -0.2) is 0 Å². The van der Waals surface area contributed by atoms with E-state index in [1.165, 1.54) is 11.0 Å². The van der Waals surface area contributed by atoms with Crippen LogP contribution in [0, 0.1) is 0 Å². The van der Waals surface area contributed by atoms with Gasteiger partial charge in [-0.3, -0.25) is 9.59 Å². The molecule has 1 unspecified atom stereocenters. The van der Waals surface area contributed by atoms with Gasteiger partial charge in [-0.1, -0.05) is 29.8 Å². The van der Waals surface area contributed by atoms with E-state index in [-0.39, 0.29) is 31.7 Å². The molecule has 2 aromatic rings. The normalized spacial score (nSPS) is 18.0. The number of amides is 2. The Morgan fingerprint density at radius 1 is 1.14 bits per heavy atom. The van der Waals surface area contributed by atoms with Crippen LogP contribution in [0.15, 0.2) is 48.5 Å². The number of carbonyl (C=O) groups excluding carboxylic acids is 2. The molecule has 1 aliphatic rings. The van der Waals surface area contributed by atoms with Crippen molar-refractivity contribution in [1.29, 1.82) is 0 Å². The molecule has 1 saturated heterocycles. The van der Waals surface area contributed by atoms with E-state index in [9.17, 15) is 27.9 Å². The number of benzene rings is 2. The van der Waals surface area contributed by atoms with E-state index in [4.69, 9.17) is 11.6 Å². The molecule has 0 saturated carbocycles. The third kappa shape index (κ3) is 5.27. The van der Waals surface area contributed by atoms with E-state index >= 15 is 0 Å². The van der Waals surface area contributed by atoms with Crippen molar-refractivity contribution in [1.82, 2.24) is 9.80 Å². The van der Waals surface area contributed by atoms with Crippen LogP contribution < -0.4 is 0 Å². The Kier molecular flexibility index (Phi) is 6.14. The number of nitrogens with zero attached hydrogens (tertiary/aromatic N) is 2. The highest BCUT2D eigenvalue weighted by Gasteiger charge is 2.33. The molecule has 1 heterocycles. The van der Waals surface area contributed by atoms with Crippen molar-refractivity contribution >= 4 is 23.4 Å². The van der Waals surface area contributed by atoms with E-state index in [1.54, 1.807) is 24.3 Å². The minimum atomic E-state index is -4.58. The number of alkyl halides is 3. The Labute approximate surface area is 170 Å². The van der Waals surface area contributed by atoms with Crippen LogP contribution >= 0.6 is 11.6 Å². The molecule has 29 heavy (non-hydrogen) atoms. The van der Waals surface area contributed by atoms with Crippen LogP contribution in [0.4, 0.5) is 13.2 Å². The summed E-state index contributed by atoms with van der Waals surface area (Å²) >= 11 is 5.85. The number of halogens is 4. The fraction of sp³-hybridized carbons (Fsp3) is 0.300. The molecular formula is C20H18ClF3N2O3. The third-order valence-corrected chi connectivity index (χ3v) is 4.80. The van der Waals surface area contributed by atoms with Crippen molar-refractivity contribution < 1.29 is 27.9 Å². The summed E-state index contributed by atoms with van der Waals surface area (Å²) in [7, 11) is 0. The second kappa shape index (κ2) is 8.42. The van der Waals surface area contributed by atoms with Gasteiger partial charge in [-0.2, -0.15) is 13.2 Å². The Bertz CT molecular complexity index is 903. The third-order valence-electron chi connectivity index (χ3n) is 4.55. The minimum absolute atomic E-state index is 0.00777. The van der Waals surface area contributed by atoms with Crippen molar-refractivity contribution in [3.63, 3.8) is 0 Å². The van der Waals surface area contributed by atoms with Crippen molar-refractivity contribution in [3.05, 3.63) is 70.2 Å². The molecule has 9 heteroatoms. The molecule has 1 atom stereocenters. The zero-order valence-corrected chi connectivity index (χ0v) is 16.0. The van der Waals surface area contributed by atoms with Gasteiger partial charge in [0.1, 0.15) is 6.54 Å². The standard InChI is InChI=1S/C20H18ClF3N2O3/c21-16-6-4-13(5-7-16)9-25-10-17(27)11-26(12-18(25)28)19(29)14-2-1-3-15(8-14)20(22,23)24/h1-8,17,27H,9-12H2. The lowest BCUT2D eigenvalue weighted by molar-refractivity contribution is -0.137. The molecule has 0 bridgehead atoms. The smallest absolute Gasteiger partial charge is 0.389 e. The van der Waals surface area contributed by atoms with E-state index in [2.05, 4.69) is 0 Å². The van der Waals surface area contributed by atoms with Crippen LogP contribution in [0.2, 0.25) is 5.02 Å². The molecule has 1 aliphatic heterocycles. The summed E-state index contributed by atoms with van der Waals surface area (Å²) in [6, 6.07) is 10.9. The number of hydrogen-bond acceptors (Lipinski definition) is 3. The van der Waals surface area contributed by atoms with Crippen LogP contribution in [0.3, 0.4) is 0 Å². The molecule has 2 aromatic carbocycles. The second-order valence-electron chi connectivity index (χ2n) is 6.82. The highest BCUT2D eigenvalue weighted by Crippen LogP contribution is 2.30. The number of hydrogen-bond donors (Lipinski definition) is 1. The largest absolute Gasteiger partial charge is 0.416 e. The molecule has 1 fully saturated rings. The maximum atomic E-state index is 12.9. The summed E-state index contributed by atoms with van der Waals surface area (Å²) < 4.78 is 38.7. The average molecular weight is 427 g/mol. The van der Waals surface area contributed by atoms with Crippen LogP contribution in [-0.2, 0) is 17.5 Å². The highest BCUT2D eigenvalue weighted by molar-refractivity contribution is 6.30. The zero-order valence-electron chi connectivity index (χ0n) is 15.2. The van der Waals surface area contributed by atoms with Gasteiger partial charge >= 0.3 is 6.18 Å². The van der Waals surface area contributed by atoms with Gasteiger partial charge in [0, 0.05) is 30.2 Å². The highest BCUT2D eigenvalue weighted by atomic mass is 35.5. The first-order valence-corrected chi connectivity index (χ1v) is 9.18. The molecule has 0 aliphatic carbocycles. The predicted octanol–water partition coefficient (Wildman–Crippen LogP) is 3.20. The van der Waals surface area contributed by atoms with Crippen molar-refractivity contribution in [2.45, 2.75) is 18.8 Å². The lowest BCUT2D eigenvalue weighted by atomic mass is 10.1. The number of β-amino-alcohol motifs (C(OH)–C–C–N with tert-alkyl or cyclic N) is 1. The molecule has 3 rings (SSSR count). The quantitative estimate of drug-likeness (QED) is 0.820. The monoisotopic (exact) mass is 426 g/mol. The first kappa shape index (κ1) is 21.1. The number of rotatable bonds is 3. The Balaban J connectivity index is 1.76. The van der Waals surface area contributed by atoms with E-state index in [0.29, 0.717) is 5.02 Å². The van der Waals surface area contributed by atoms with Gasteiger partial charge in [0.05, 0.1) is 11.7 Å².